The number of para-hydroxylation sites is 1. The number of rotatable bonds is 6. The summed E-state index contributed by atoms with van der Waals surface area (Å²) in [5.74, 6) is 1.41. The van der Waals surface area contributed by atoms with Crippen LogP contribution in [0.2, 0.25) is 0 Å². The Bertz CT molecular complexity index is 799. The van der Waals surface area contributed by atoms with Gasteiger partial charge in [0.15, 0.2) is 6.04 Å². The molecule has 0 aliphatic rings. The molecule has 0 spiro atoms. The summed E-state index contributed by atoms with van der Waals surface area (Å²) in [6, 6.07) is 11.3. The molecule has 2 aromatic carbocycles. The van der Waals surface area contributed by atoms with Crippen molar-refractivity contribution in [2.45, 2.75) is 65.6 Å². The average molecular weight is 428 g/mol. The molecule has 0 saturated carbocycles. The molecule has 0 saturated heterocycles. The largest absolute Gasteiger partial charge is 1.00 e. The zero-order valence-corrected chi connectivity index (χ0v) is 18.5. The molecule has 0 fully saturated rings. The molecule has 160 valence electrons. The van der Waals surface area contributed by atoms with Gasteiger partial charge in [-0.1, -0.05) is 45.9 Å². The number of hydrogen-bond acceptors (Lipinski definition) is 1. The van der Waals surface area contributed by atoms with Gasteiger partial charge in [-0.05, 0) is 48.9 Å². The van der Waals surface area contributed by atoms with Gasteiger partial charge < -0.3 is 17.1 Å². The van der Waals surface area contributed by atoms with Crippen molar-refractivity contribution < 1.29 is 34.9 Å². The maximum absolute atomic E-state index is 12.8. The van der Waals surface area contributed by atoms with Crippen LogP contribution in [0.4, 0.5) is 18.9 Å². The molecular formula is C23H29ClF3NO. The smallest absolute Gasteiger partial charge is 0.416 e. The van der Waals surface area contributed by atoms with Crippen LogP contribution in [-0.2, 0) is 6.18 Å². The minimum atomic E-state index is -4.34. The predicted molar refractivity (Wildman–Crippen MR) is 108 cm³/mol. The molecule has 0 unspecified atom stereocenters. The summed E-state index contributed by atoms with van der Waals surface area (Å²) in [7, 11) is 0. The predicted octanol–water partition coefficient (Wildman–Crippen LogP) is 4.12. The number of hydrogen-bond donors (Lipinski definition) is 0. The maximum atomic E-state index is 12.8. The van der Waals surface area contributed by atoms with E-state index in [0.717, 1.165) is 29.0 Å². The quantitative estimate of drug-likeness (QED) is 0.384. The van der Waals surface area contributed by atoms with Gasteiger partial charge in [0, 0.05) is 12.1 Å². The van der Waals surface area contributed by atoms with E-state index in [0.29, 0.717) is 17.5 Å². The standard InChI is InChI=1S/C23H29F3NO.ClH/c1-15(2)20-8-7-9-21(16(3)4)22(20)28-14-27(17(5)6)19-12-10-18(11-13-19)23(24,25)26;/h7-17H,1-6H3;1H/q+1;/p-1. The Morgan fingerprint density at radius 1 is 0.828 bits per heavy atom. The van der Waals surface area contributed by atoms with Crippen molar-refractivity contribution in [2.24, 2.45) is 0 Å². The molecule has 0 bridgehead atoms. The van der Waals surface area contributed by atoms with Crippen molar-refractivity contribution in [1.29, 1.82) is 0 Å². The first-order valence-corrected chi connectivity index (χ1v) is 9.60. The monoisotopic (exact) mass is 427 g/mol. The van der Waals surface area contributed by atoms with Crippen LogP contribution in [0.25, 0.3) is 0 Å². The normalized spacial score (nSPS) is 12.5. The van der Waals surface area contributed by atoms with E-state index in [1.807, 2.05) is 24.5 Å². The summed E-state index contributed by atoms with van der Waals surface area (Å²) < 4.78 is 46.5. The molecule has 2 rings (SSSR count). The lowest BCUT2D eigenvalue weighted by molar-refractivity contribution is -0.477. The van der Waals surface area contributed by atoms with Gasteiger partial charge in [-0.2, -0.15) is 17.7 Å². The molecule has 0 aliphatic heterocycles. The minimum absolute atomic E-state index is 0. The second-order valence-electron chi connectivity index (χ2n) is 7.84. The van der Waals surface area contributed by atoms with Gasteiger partial charge in [0.2, 0.25) is 5.69 Å². The topological polar surface area (TPSA) is 12.2 Å². The van der Waals surface area contributed by atoms with Crippen LogP contribution in [0.1, 0.15) is 70.1 Å². The fourth-order valence-corrected chi connectivity index (χ4v) is 3.03. The highest BCUT2D eigenvalue weighted by atomic mass is 35.5. The van der Waals surface area contributed by atoms with Gasteiger partial charge in [-0.3, -0.25) is 0 Å². The average Bonchev–Trinajstić information content (AvgIpc) is 2.60. The summed E-state index contributed by atoms with van der Waals surface area (Å²) in [6.45, 7) is 12.4. The highest BCUT2D eigenvalue weighted by molar-refractivity contribution is 5.55. The first-order valence-electron chi connectivity index (χ1n) is 9.60. The SMILES string of the molecule is CC(C)c1cccc(C(C)C)c1OC=[N+](c1ccc(C(F)(F)F)cc1)C(C)C.[Cl-]. The number of benzene rings is 2. The zero-order chi connectivity index (χ0) is 21.1. The Kier molecular flexibility index (Phi) is 8.76. The second kappa shape index (κ2) is 10.1. The molecular weight excluding hydrogens is 399 g/mol. The van der Waals surface area contributed by atoms with Crippen LogP contribution in [-0.4, -0.2) is 17.0 Å². The third kappa shape index (κ3) is 6.23. The Morgan fingerprint density at radius 2 is 1.31 bits per heavy atom. The molecule has 0 heterocycles. The van der Waals surface area contributed by atoms with E-state index in [2.05, 4.69) is 39.8 Å². The zero-order valence-electron chi connectivity index (χ0n) is 17.7. The van der Waals surface area contributed by atoms with Crippen molar-refractivity contribution >= 4 is 12.1 Å². The van der Waals surface area contributed by atoms with Gasteiger partial charge in [-0.15, -0.1) is 0 Å². The highest BCUT2D eigenvalue weighted by Gasteiger charge is 2.30. The third-order valence-electron chi connectivity index (χ3n) is 4.65. The van der Waals surface area contributed by atoms with Crippen LogP contribution in [0, 0.1) is 0 Å². The van der Waals surface area contributed by atoms with E-state index in [9.17, 15) is 13.2 Å². The van der Waals surface area contributed by atoms with Crippen LogP contribution >= 0.6 is 0 Å². The maximum Gasteiger partial charge on any atom is 0.416 e. The number of halogens is 4. The van der Waals surface area contributed by atoms with Crippen molar-refractivity contribution in [3.8, 4) is 5.75 Å². The molecule has 0 N–H and O–H groups in total. The minimum Gasteiger partial charge on any atom is -1.00 e. The number of alkyl halides is 3. The summed E-state index contributed by atoms with van der Waals surface area (Å²) >= 11 is 0. The molecule has 0 aromatic heterocycles. The van der Waals surface area contributed by atoms with Gasteiger partial charge in [0.1, 0.15) is 5.75 Å². The van der Waals surface area contributed by atoms with E-state index in [-0.39, 0.29) is 18.4 Å². The number of ether oxygens (including phenoxy) is 1. The molecule has 0 aliphatic carbocycles. The lowest BCUT2D eigenvalue weighted by Gasteiger charge is -2.17. The van der Waals surface area contributed by atoms with Crippen molar-refractivity contribution in [3.05, 3.63) is 59.2 Å². The molecule has 6 heteroatoms. The van der Waals surface area contributed by atoms with Gasteiger partial charge in [0.05, 0.1) is 5.56 Å². The third-order valence-corrected chi connectivity index (χ3v) is 4.65. The van der Waals surface area contributed by atoms with Gasteiger partial charge in [0.25, 0.3) is 0 Å². The Hall–Kier alpha value is -2.01. The van der Waals surface area contributed by atoms with E-state index in [4.69, 9.17) is 4.74 Å². The molecule has 0 atom stereocenters. The lowest BCUT2D eigenvalue weighted by atomic mass is 9.94. The van der Waals surface area contributed by atoms with Crippen LogP contribution in [0.5, 0.6) is 5.75 Å². The Balaban J connectivity index is 0.00000420. The second-order valence-corrected chi connectivity index (χ2v) is 7.84. The van der Waals surface area contributed by atoms with Gasteiger partial charge >= 0.3 is 12.6 Å². The van der Waals surface area contributed by atoms with Crippen molar-refractivity contribution in [2.75, 3.05) is 0 Å². The Labute approximate surface area is 177 Å². The lowest BCUT2D eigenvalue weighted by Crippen LogP contribution is -3.00. The Morgan fingerprint density at radius 3 is 1.69 bits per heavy atom. The van der Waals surface area contributed by atoms with Crippen LogP contribution in [0.3, 0.4) is 0 Å². The molecule has 2 aromatic rings. The highest BCUT2D eigenvalue weighted by Crippen LogP contribution is 2.34. The van der Waals surface area contributed by atoms with Gasteiger partial charge in [-0.25, -0.2) is 0 Å². The van der Waals surface area contributed by atoms with E-state index >= 15 is 0 Å². The van der Waals surface area contributed by atoms with E-state index < -0.39 is 11.7 Å². The number of nitrogens with zero attached hydrogens (tertiary/aromatic N) is 1. The molecule has 0 amide bonds. The molecule has 29 heavy (non-hydrogen) atoms. The van der Waals surface area contributed by atoms with E-state index in [1.54, 1.807) is 6.40 Å². The van der Waals surface area contributed by atoms with E-state index in [1.165, 1.54) is 12.1 Å². The van der Waals surface area contributed by atoms with Crippen molar-refractivity contribution in [1.82, 2.24) is 0 Å². The first kappa shape index (κ1) is 25.0. The van der Waals surface area contributed by atoms with Crippen LogP contribution in [0.15, 0.2) is 42.5 Å². The summed E-state index contributed by atoms with van der Waals surface area (Å²) in [4.78, 5) is 0. The molecule has 2 nitrogen and oxygen atoms in total. The summed E-state index contributed by atoms with van der Waals surface area (Å²) in [6.07, 6.45) is -2.73. The summed E-state index contributed by atoms with van der Waals surface area (Å²) in [5, 5.41) is 0. The fraction of sp³-hybridized carbons (Fsp3) is 0.435. The molecule has 0 radical (unpaired) electrons. The fourth-order valence-electron chi connectivity index (χ4n) is 3.03. The first-order chi connectivity index (χ1) is 13.0. The van der Waals surface area contributed by atoms with Crippen molar-refractivity contribution in [3.63, 3.8) is 0 Å². The summed E-state index contributed by atoms with van der Waals surface area (Å²) in [5.41, 5.74) is 2.21. The van der Waals surface area contributed by atoms with Crippen LogP contribution < -0.4 is 17.1 Å².